The average Bonchev–Trinajstić information content (AvgIpc) is 2.31. The van der Waals surface area contributed by atoms with Crippen LogP contribution in [0, 0.1) is 11.8 Å². The lowest BCUT2D eigenvalue weighted by molar-refractivity contribution is -0.154. The molecule has 0 saturated heterocycles. The molecule has 0 amide bonds. The summed E-state index contributed by atoms with van der Waals surface area (Å²) < 4.78 is 5.23. The average molecular weight is 239 g/mol. The first-order valence-corrected chi connectivity index (χ1v) is 6.59. The van der Waals surface area contributed by atoms with E-state index < -0.39 is 5.54 Å². The molecule has 0 spiro atoms. The molecule has 0 radical (unpaired) electrons. The Hall–Kier alpha value is -0.830. The highest BCUT2D eigenvalue weighted by Crippen LogP contribution is 2.37. The van der Waals surface area contributed by atoms with E-state index in [0.29, 0.717) is 25.0 Å². The molecule has 0 bridgehead atoms. The largest absolute Gasteiger partial charge is 0.465 e. The molecule has 3 unspecified atom stereocenters. The smallest absolute Gasteiger partial charge is 0.326 e. The molecule has 1 rings (SSSR count). The summed E-state index contributed by atoms with van der Waals surface area (Å²) in [5, 5.41) is 3.33. The first kappa shape index (κ1) is 14.2. The van der Waals surface area contributed by atoms with E-state index in [1.54, 1.807) is 6.08 Å². The van der Waals surface area contributed by atoms with Gasteiger partial charge in [-0.05, 0) is 38.0 Å². The van der Waals surface area contributed by atoms with Gasteiger partial charge in [0.05, 0.1) is 6.61 Å². The number of hydrogen-bond acceptors (Lipinski definition) is 3. The fraction of sp³-hybridized carbons (Fsp3) is 0.786. The lowest BCUT2D eigenvalue weighted by Gasteiger charge is -2.41. The Labute approximate surface area is 105 Å². The number of hydrogen-bond donors (Lipinski definition) is 1. The molecule has 3 atom stereocenters. The zero-order chi connectivity index (χ0) is 12.9. The van der Waals surface area contributed by atoms with Crippen LogP contribution in [0.5, 0.6) is 0 Å². The molecule has 0 heterocycles. The molecule has 3 heteroatoms. The summed E-state index contributed by atoms with van der Waals surface area (Å²) in [5.41, 5.74) is -0.490. The maximum Gasteiger partial charge on any atom is 0.326 e. The van der Waals surface area contributed by atoms with Gasteiger partial charge in [0.1, 0.15) is 5.54 Å². The van der Waals surface area contributed by atoms with Crippen LogP contribution in [0.2, 0.25) is 0 Å². The van der Waals surface area contributed by atoms with Crippen molar-refractivity contribution in [3.05, 3.63) is 12.7 Å². The van der Waals surface area contributed by atoms with Crippen LogP contribution in [-0.4, -0.2) is 24.7 Å². The van der Waals surface area contributed by atoms with Crippen molar-refractivity contribution >= 4 is 5.97 Å². The standard InChI is InChI=1S/C14H25NO2/c1-5-9-15-14(13(16)17-6-2)8-7-11(3)12(4)10-14/h5,11-12,15H,1,6-10H2,2-4H3. The summed E-state index contributed by atoms with van der Waals surface area (Å²) in [6.45, 7) is 11.1. The topological polar surface area (TPSA) is 38.3 Å². The minimum atomic E-state index is -0.490. The molecule has 0 aromatic rings. The minimum Gasteiger partial charge on any atom is -0.465 e. The van der Waals surface area contributed by atoms with Crippen LogP contribution in [0.3, 0.4) is 0 Å². The van der Waals surface area contributed by atoms with E-state index in [-0.39, 0.29) is 5.97 Å². The Morgan fingerprint density at radius 3 is 2.76 bits per heavy atom. The lowest BCUT2D eigenvalue weighted by atomic mass is 9.71. The quantitative estimate of drug-likeness (QED) is 0.592. The van der Waals surface area contributed by atoms with Crippen molar-refractivity contribution in [3.8, 4) is 0 Å². The molecular weight excluding hydrogens is 214 g/mol. The van der Waals surface area contributed by atoms with Crippen molar-refractivity contribution in [2.75, 3.05) is 13.2 Å². The lowest BCUT2D eigenvalue weighted by Crippen LogP contribution is -2.56. The van der Waals surface area contributed by atoms with E-state index in [2.05, 4.69) is 25.7 Å². The normalized spacial score (nSPS) is 33.1. The molecule has 3 nitrogen and oxygen atoms in total. The van der Waals surface area contributed by atoms with Gasteiger partial charge in [-0.25, -0.2) is 0 Å². The van der Waals surface area contributed by atoms with Crippen molar-refractivity contribution in [1.82, 2.24) is 5.32 Å². The molecule has 98 valence electrons. The van der Waals surface area contributed by atoms with Gasteiger partial charge in [0.2, 0.25) is 0 Å². The summed E-state index contributed by atoms with van der Waals surface area (Å²) in [6, 6.07) is 0. The van der Waals surface area contributed by atoms with Crippen molar-refractivity contribution < 1.29 is 9.53 Å². The zero-order valence-corrected chi connectivity index (χ0v) is 11.3. The maximum atomic E-state index is 12.2. The first-order valence-electron chi connectivity index (χ1n) is 6.59. The summed E-state index contributed by atoms with van der Waals surface area (Å²) in [5.74, 6) is 1.13. The number of carbonyl (C=O) groups excluding carboxylic acids is 1. The molecule has 1 aliphatic rings. The molecule has 0 aromatic carbocycles. The van der Waals surface area contributed by atoms with Crippen LogP contribution in [0.4, 0.5) is 0 Å². The maximum absolute atomic E-state index is 12.2. The van der Waals surface area contributed by atoms with E-state index in [9.17, 15) is 4.79 Å². The van der Waals surface area contributed by atoms with Gasteiger partial charge in [0.15, 0.2) is 0 Å². The second kappa shape index (κ2) is 6.20. The van der Waals surface area contributed by atoms with Crippen molar-refractivity contribution in [1.29, 1.82) is 0 Å². The highest BCUT2D eigenvalue weighted by atomic mass is 16.5. The van der Waals surface area contributed by atoms with Crippen molar-refractivity contribution in [3.63, 3.8) is 0 Å². The highest BCUT2D eigenvalue weighted by Gasteiger charge is 2.44. The third-order valence-corrected chi connectivity index (χ3v) is 3.92. The molecule has 0 aliphatic heterocycles. The predicted octanol–water partition coefficient (Wildman–Crippen LogP) is 2.52. The second-order valence-corrected chi connectivity index (χ2v) is 5.17. The SMILES string of the molecule is C=CCNC1(C(=O)OCC)CCC(C)C(C)C1. The number of ether oxygens (including phenoxy) is 1. The van der Waals surface area contributed by atoms with Crippen molar-refractivity contribution in [2.24, 2.45) is 11.8 Å². The zero-order valence-electron chi connectivity index (χ0n) is 11.3. The summed E-state index contributed by atoms with van der Waals surface area (Å²) in [7, 11) is 0. The van der Waals surface area contributed by atoms with Crippen LogP contribution in [0.25, 0.3) is 0 Å². The van der Waals surface area contributed by atoms with E-state index in [1.807, 2.05) is 6.92 Å². The molecule has 1 N–H and O–H groups in total. The monoisotopic (exact) mass is 239 g/mol. The first-order chi connectivity index (χ1) is 8.05. The van der Waals surface area contributed by atoms with Crippen molar-refractivity contribution in [2.45, 2.75) is 45.6 Å². The molecule has 1 aliphatic carbocycles. The van der Waals surface area contributed by atoms with Gasteiger partial charge in [-0.15, -0.1) is 6.58 Å². The fourth-order valence-corrected chi connectivity index (χ4v) is 2.57. The Morgan fingerprint density at radius 2 is 2.24 bits per heavy atom. The fourth-order valence-electron chi connectivity index (χ4n) is 2.57. The third-order valence-electron chi connectivity index (χ3n) is 3.92. The minimum absolute atomic E-state index is 0.0967. The molecule has 1 saturated carbocycles. The molecular formula is C14H25NO2. The van der Waals surface area contributed by atoms with Gasteiger partial charge in [0.25, 0.3) is 0 Å². The summed E-state index contributed by atoms with van der Waals surface area (Å²) >= 11 is 0. The van der Waals surface area contributed by atoms with Crippen LogP contribution >= 0.6 is 0 Å². The van der Waals surface area contributed by atoms with Crippen LogP contribution < -0.4 is 5.32 Å². The Balaban J connectivity index is 2.78. The Morgan fingerprint density at radius 1 is 1.53 bits per heavy atom. The number of esters is 1. The van der Waals surface area contributed by atoms with Gasteiger partial charge in [-0.1, -0.05) is 19.9 Å². The Bertz CT molecular complexity index is 277. The number of rotatable bonds is 5. The number of carbonyl (C=O) groups is 1. The summed E-state index contributed by atoms with van der Waals surface area (Å²) in [6.07, 6.45) is 4.60. The van der Waals surface area contributed by atoms with E-state index >= 15 is 0 Å². The molecule has 0 aromatic heterocycles. The summed E-state index contributed by atoms with van der Waals surface area (Å²) in [4.78, 5) is 12.2. The van der Waals surface area contributed by atoms with Crippen LogP contribution in [0.1, 0.15) is 40.0 Å². The Kier molecular flexibility index (Phi) is 5.19. The highest BCUT2D eigenvalue weighted by molar-refractivity contribution is 5.81. The van der Waals surface area contributed by atoms with Gasteiger partial charge in [0, 0.05) is 6.54 Å². The number of nitrogens with one attached hydrogen (secondary N) is 1. The van der Waals surface area contributed by atoms with Crippen LogP contribution in [0.15, 0.2) is 12.7 Å². The third kappa shape index (κ3) is 3.32. The van der Waals surface area contributed by atoms with E-state index in [1.165, 1.54) is 0 Å². The van der Waals surface area contributed by atoms with Gasteiger partial charge >= 0.3 is 5.97 Å². The van der Waals surface area contributed by atoms with Crippen LogP contribution in [-0.2, 0) is 9.53 Å². The predicted molar refractivity (Wildman–Crippen MR) is 69.7 cm³/mol. The van der Waals surface area contributed by atoms with Gasteiger partial charge in [-0.2, -0.15) is 0 Å². The molecule has 17 heavy (non-hydrogen) atoms. The van der Waals surface area contributed by atoms with Gasteiger partial charge < -0.3 is 4.74 Å². The van der Waals surface area contributed by atoms with Gasteiger partial charge in [-0.3, -0.25) is 10.1 Å². The van der Waals surface area contributed by atoms with E-state index in [4.69, 9.17) is 4.74 Å². The van der Waals surface area contributed by atoms with E-state index in [0.717, 1.165) is 19.3 Å². The second-order valence-electron chi connectivity index (χ2n) is 5.17. The molecule has 1 fully saturated rings.